The summed E-state index contributed by atoms with van der Waals surface area (Å²) in [7, 11) is 0. The van der Waals surface area contributed by atoms with Crippen molar-refractivity contribution in [2.75, 3.05) is 6.61 Å². The van der Waals surface area contributed by atoms with Crippen molar-refractivity contribution in [3.63, 3.8) is 0 Å². The standard InChI is InChI=1S/C22H28O7/c1-2-3-4-5-6-8-14-28-21-20(25)17-12-11-16(15-18(17)29-22(21)26)27-13-9-7-10-19(23)24/h8,11-12,14-15,25H,2-7,9-10,13H2,1H3,(H,23,24). The largest absolute Gasteiger partial charge is 0.504 e. The highest BCUT2D eigenvalue weighted by atomic mass is 16.5. The van der Waals surface area contributed by atoms with Crippen LogP contribution in [-0.4, -0.2) is 22.8 Å². The van der Waals surface area contributed by atoms with Crippen LogP contribution in [0.5, 0.6) is 17.2 Å². The van der Waals surface area contributed by atoms with Gasteiger partial charge in [0.05, 0.1) is 18.3 Å². The Morgan fingerprint density at radius 3 is 2.76 bits per heavy atom. The van der Waals surface area contributed by atoms with Crippen LogP contribution in [0.1, 0.15) is 58.3 Å². The van der Waals surface area contributed by atoms with Gasteiger partial charge in [0.25, 0.3) is 5.75 Å². The molecule has 2 N–H and O–H groups in total. The van der Waals surface area contributed by atoms with Gasteiger partial charge < -0.3 is 24.1 Å². The van der Waals surface area contributed by atoms with Crippen molar-refractivity contribution in [1.29, 1.82) is 0 Å². The van der Waals surface area contributed by atoms with Gasteiger partial charge in [-0.15, -0.1) is 0 Å². The third-order valence-electron chi connectivity index (χ3n) is 4.37. The molecule has 0 aliphatic carbocycles. The number of carboxylic acids is 1. The Balaban J connectivity index is 1.98. The molecule has 0 amide bonds. The summed E-state index contributed by atoms with van der Waals surface area (Å²) in [6.45, 7) is 2.50. The van der Waals surface area contributed by atoms with Crippen molar-refractivity contribution in [2.24, 2.45) is 0 Å². The van der Waals surface area contributed by atoms with E-state index in [1.165, 1.54) is 25.2 Å². The minimum Gasteiger partial charge on any atom is -0.504 e. The second kappa shape index (κ2) is 11.8. The Kier molecular flexibility index (Phi) is 9.08. The van der Waals surface area contributed by atoms with Gasteiger partial charge in [0, 0.05) is 12.5 Å². The fourth-order valence-electron chi connectivity index (χ4n) is 2.78. The van der Waals surface area contributed by atoms with E-state index in [4.69, 9.17) is 19.0 Å². The number of hydrogen-bond acceptors (Lipinski definition) is 6. The summed E-state index contributed by atoms with van der Waals surface area (Å²) in [6, 6.07) is 4.75. The molecule has 7 heteroatoms. The molecule has 0 aliphatic rings. The molecule has 0 fully saturated rings. The minimum absolute atomic E-state index is 0.0970. The van der Waals surface area contributed by atoms with E-state index in [2.05, 4.69) is 6.92 Å². The van der Waals surface area contributed by atoms with Gasteiger partial charge in [-0.3, -0.25) is 4.79 Å². The van der Waals surface area contributed by atoms with E-state index in [1.54, 1.807) is 12.1 Å². The number of allylic oxidation sites excluding steroid dienone is 1. The minimum atomic E-state index is -0.836. The number of fused-ring (bicyclic) bond motifs is 1. The lowest BCUT2D eigenvalue weighted by atomic mass is 10.1. The van der Waals surface area contributed by atoms with Crippen molar-refractivity contribution < 1.29 is 28.9 Å². The van der Waals surface area contributed by atoms with E-state index < -0.39 is 11.6 Å². The van der Waals surface area contributed by atoms with Crippen LogP contribution < -0.4 is 15.1 Å². The number of carboxylic acid groups (broad SMARTS) is 1. The zero-order valence-corrected chi connectivity index (χ0v) is 16.7. The van der Waals surface area contributed by atoms with Crippen LogP contribution in [0.4, 0.5) is 0 Å². The third-order valence-corrected chi connectivity index (χ3v) is 4.37. The molecule has 0 spiro atoms. The van der Waals surface area contributed by atoms with Crippen LogP contribution in [0.25, 0.3) is 11.0 Å². The predicted octanol–water partition coefficient (Wildman–Crippen LogP) is 5.00. The first-order valence-electron chi connectivity index (χ1n) is 9.99. The van der Waals surface area contributed by atoms with Gasteiger partial charge in [-0.1, -0.05) is 26.2 Å². The monoisotopic (exact) mass is 404 g/mol. The molecule has 29 heavy (non-hydrogen) atoms. The second-order valence-corrected chi connectivity index (χ2v) is 6.76. The Morgan fingerprint density at radius 1 is 1.17 bits per heavy atom. The topological polar surface area (TPSA) is 106 Å². The van der Waals surface area contributed by atoms with Gasteiger partial charge in [0.15, 0.2) is 5.75 Å². The Labute approximate surface area is 169 Å². The highest BCUT2D eigenvalue weighted by Gasteiger charge is 2.15. The SMILES string of the molecule is CCCCCCC=COc1c(O)c2ccc(OCCCCC(=O)O)cc2oc1=O. The number of hydrogen-bond donors (Lipinski definition) is 2. The number of aromatic hydroxyl groups is 1. The summed E-state index contributed by atoms with van der Waals surface area (Å²) in [5.41, 5.74) is -0.587. The summed E-state index contributed by atoms with van der Waals surface area (Å²) in [5.74, 6) is -0.891. The molecule has 158 valence electrons. The first-order valence-corrected chi connectivity index (χ1v) is 9.99. The van der Waals surface area contributed by atoms with Crippen molar-refractivity contribution in [3.05, 3.63) is 41.0 Å². The van der Waals surface area contributed by atoms with Gasteiger partial charge in [0.1, 0.15) is 11.3 Å². The molecular weight excluding hydrogens is 376 g/mol. The van der Waals surface area contributed by atoms with Crippen LogP contribution in [0, 0.1) is 0 Å². The number of benzene rings is 1. The molecule has 0 bridgehead atoms. The zero-order valence-electron chi connectivity index (χ0n) is 16.7. The number of rotatable bonds is 13. The van der Waals surface area contributed by atoms with E-state index in [0.717, 1.165) is 19.3 Å². The number of ether oxygens (including phenoxy) is 2. The maximum atomic E-state index is 12.2. The summed E-state index contributed by atoms with van der Waals surface area (Å²) in [5, 5.41) is 19.3. The molecule has 2 aromatic rings. The first-order chi connectivity index (χ1) is 14.0. The van der Waals surface area contributed by atoms with Crippen LogP contribution in [-0.2, 0) is 4.79 Å². The van der Waals surface area contributed by atoms with Crippen molar-refractivity contribution in [1.82, 2.24) is 0 Å². The van der Waals surface area contributed by atoms with E-state index in [1.807, 2.05) is 6.08 Å². The summed E-state index contributed by atoms with van der Waals surface area (Å²) in [4.78, 5) is 22.6. The summed E-state index contributed by atoms with van der Waals surface area (Å²) >= 11 is 0. The summed E-state index contributed by atoms with van der Waals surface area (Å²) < 4.78 is 16.1. The van der Waals surface area contributed by atoms with E-state index in [0.29, 0.717) is 30.6 Å². The summed E-state index contributed by atoms with van der Waals surface area (Å²) in [6.07, 6.45) is 9.83. The van der Waals surface area contributed by atoms with Gasteiger partial charge in [0.2, 0.25) is 0 Å². The predicted molar refractivity (Wildman–Crippen MR) is 110 cm³/mol. The molecular formula is C22H28O7. The molecule has 0 atom stereocenters. The number of unbranched alkanes of at least 4 members (excludes halogenated alkanes) is 5. The maximum Gasteiger partial charge on any atom is 0.383 e. The van der Waals surface area contributed by atoms with Gasteiger partial charge >= 0.3 is 11.6 Å². The molecule has 0 unspecified atom stereocenters. The van der Waals surface area contributed by atoms with Gasteiger partial charge in [-0.25, -0.2) is 4.79 Å². The molecule has 0 aliphatic heterocycles. The molecule has 0 saturated heterocycles. The van der Waals surface area contributed by atoms with E-state index in [-0.39, 0.29) is 23.5 Å². The smallest absolute Gasteiger partial charge is 0.383 e. The molecule has 0 radical (unpaired) electrons. The van der Waals surface area contributed by atoms with E-state index in [9.17, 15) is 14.7 Å². The lowest BCUT2D eigenvalue weighted by Gasteiger charge is -2.08. The number of aliphatic carboxylic acids is 1. The fourth-order valence-corrected chi connectivity index (χ4v) is 2.78. The average molecular weight is 404 g/mol. The zero-order chi connectivity index (χ0) is 21.1. The Hall–Kier alpha value is -2.96. The van der Waals surface area contributed by atoms with Crippen LogP contribution in [0.3, 0.4) is 0 Å². The first kappa shape index (κ1) is 22.3. The normalized spacial score (nSPS) is 11.2. The van der Waals surface area contributed by atoms with Gasteiger partial charge in [-0.2, -0.15) is 0 Å². The average Bonchev–Trinajstić information content (AvgIpc) is 2.68. The van der Waals surface area contributed by atoms with Gasteiger partial charge in [-0.05, 0) is 43.9 Å². The molecule has 1 aromatic carbocycles. The van der Waals surface area contributed by atoms with E-state index >= 15 is 0 Å². The molecule has 7 nitrogen and oxygen atoms in total. The van der Waals surface area contributed by atoms with Crippen molar-refractivity contribution >= 4 is 16.9 Å². The molecule has 0 saturated carbocycles. The molecule has 1 heterocycles. The third kappa shape index (κ3) is 7.18. The highest BCUT2D eigenvalue weighted by Crippen LogP contribution is 2.33. The Bertz CT molecular complexity index is 883. The lowest BCUT2D eigenvalue weighted by molar-refractivity contribution is -0.137. The molecule has 1 aromatic heterocycles. The van der Waals surface area contributed by atoms with Crippen LogP contribution in [0.15, 0.2) is 39.7 Å². The molecule has 2 rings (SSSR count). The van der Waals surface area contributed by atoms with Crippen molar-refractivity contribution in [2.45, 2.75) is 58.3 Å². The maximum absolute atomic E-state index is 12.2. The fraction of sp³-hybridized carbons (Fsp3) is 0.455. The van der Waals surface area contributed by atoms with Crippen LogP contribution in [0.2, 0.25) is 0 Å². The lowest BCUT2D eigenvalue weighted by Crippen LogP contribution is -2.04. The quantitative estimate of drug-likeness (QED) is 0.275. The highest BCUT2D eigenvalue weighted by molar-refractivity contribution is 5.86. The van der Waals surface area contributed by atoms with Crippen molar-refractivity contribution in [3.8, 4) is 17.2 Å². The van der Waals surface area contributed by atoms with Crippen LogP contribution >= 0.6 is 0 Å². The Morgan fingerprint density at radius 2 is 2.00 bits per heavy atom. The second-order valence-electron chi connectivity index (χ2n) is 6.76. The number of carbonyl (C=O) groups is 1.